The molecule has 4 heteroatoms. The molecule has 0 atom stereocenters. The van der Waals surface area contributed by atoms with E-state index in [1.807, 2.05) is 6.07 Å². The summed E-state index contributed by atoms with van der Waals surface area (Å²) in [5.74, 6) is 0. The first-order chi connectivity index (χ1) is 29.8. The number of furan rings is 1. The number of para-hydroxylation sites is 6. The predicted octanol–water partition coefficient (Wildman–Crippen LogP) is 15.1. The van der Waals surface area contributed by atoms with Crippen molar-refractivity contribution < 1.29 is 4.42 Å². The highest BCUT2D eigenvalue weighted by Crippen LogP contribution is 2.43. The molecule has 13 aromatic rings. The first-order valence-corrected chi connectivity index (χ1v) is 20.5. The van der Waals surface area contributed by atoms with Crippen LogP contribution in [0.3, 0.4) is 0 Å². The molecule has 4 nitrogen and oxygen atoms in total. The van der Waals surface area contributed by atoms with Crippen molar-refractivity contribution in [1.29, 1.82) is 0 Å². The van der Waals surface area contributed by atoms with E-state index in [1.54, 1.807) is 0 Å². The minimum absolute atomic E-state index is 0.869. The van der Waals surface area contributed by atoms with Gasteiger partial charge in [-0.25, -0.2) is 0 Å². The normalized spacial score (nSPS) is 12.0. The Kier molecular flexibility index (Phi) is 6.98. The fourth-order valence-corrected chi connectivity index (χ4v) is 9.82. The van der Waals surface area contributed by atoms with Crippen LogP contribution < -0.4 is 0 Å². The van der Waals surface area contributed by atoms with E-state index in [0.29, 0.717) is 0 Å². The number of nitrogens with zero attached hydrogens (tertiary/aromatic N) is 3. The zero-order chi connectivity index (χ0) is 39.3. The van der Waals surface area contributed by atoms with Crippen LogP contribution >= 0.6 is 0 Å². The molecule has 0 amide bonds. The number of fused-ring (bicyclic) bond motifs is 11. The molecule has 0 fully saturated rings. The maximum atomic E-state index is 6.58. The average Bonchev–Trinajstić information content (AvgIpc) is 4.05. The lowest BCUT2D eigenvalue weighted by Crippen LogP contribution is -1.96. The van der Waals surface area contributed by atoms with E-state index in [9.17, 15) is 0 Å². The van der Waals surface area contributed by atoms with Gasteiger partial charge in [0.15, 0.2) is 0 Å². The Morgan fingerprint density at radius 3 is 1.47 bits per heavy atom. The smallest absolute Gasteiger partial charge is 0.213 e. The molecule has 0 bridgehead atoms. The van der Waals surface area contributed by atoms with Gasteiger partial charge in [0.2, 0.25) is 5.71 Å². The zero-order valence-electron chi connectivity index (χ0n) is 32.5. The molecular formula is C56H35N3O. The van der Waals surface area contributed by atoms with Crippen molar-refractivity contribution in [1.82, 2.24) is 13.7 Å². The second-order valence-corrected chi connectivity index (χ2v) is 15.7. The molecule has 0 spiro atoms. The first kappa shape index (κ1) is 32.9. The van der Waals surface area contributed by atoms with Crippen molar-refractivity contribution in [2.45, 2.75) is 0 Å². The van der Waals surface area contributed by atoms with Gasteiger partial charge >= 0.3 is 0 Å². The number of benzene rings is 9. The van der Waals surface area contributed by atoms with E-state index < -0.39 is 0 Å². The van der Waals surface area contributed by atoms with E-state index in [4.69, 9.17) is 4.42 Å². The Hall–Kier alpha value is -8.08. The summed E-state index contributed by atoms with van der Waals surface area (Å²) in [6, 6.07) is 76.6. The van der Waals surface area contributed by atoms with Crippen LogP contribution in [0.25, 0.3) is 116 Å². The lowest BCUT2D eigenvalue weighted by atomic mass is 9.98. The van der Waals surface area contributed by atoms with Crippen molar-refractivity contribution in [3.05, 3.63) is 212 Å². The molecule has 4 aromatic heterocycles. The molecule has 0 saturated heterocycles. The van der Waals surface area contributed by atoms with Gasteiger partial charge in [-0.15, -0.1) is 0 Å². The van der Waals surface area contributed by atoms with E-state index in [1.165, 1.54) is 65.7 Å². The van der Waals surface area contributed by atoms with Gasteiger partial charge in [0.1, 0.15) is 5.58 Å². The Labute approximate surface area is 345 Å². The summed E-state index contributed by atoms with van der Waals surface area (Å²) in [6.45, 7) is 0. The highest BCUT2D eigenvalue weighted by Gasteiger charge is 2.22. The molecule has 0 saturated carbocycles. The first-order valence-electron chi connectivity index (χ1n) is 20.5. The summed E-state index contributed by atoms with van der Waals surface area (Å²) in [7, 11) is 0. The summed E-state index contributed by atoms with van der Waals surface area (Å²) < 4.78 is 13.7. The van der Waals surface area contributed by atoms with Crippen LogP contribution in [0.15, 0.2) is 217 Å². The maximum Gasteiger partial charge on any atom is 0.213 e. The second-order valence-electron chi connectivity index (χ2n) is 15.7. The summed E-state index contributed by atoms with van der Waals surface area (Å²) in [5, 5.41) is 8.48. The topological polar surface area (TPSA) is 27.9 Å². The Balaban J connectivity index is 0.890. The van der Waals surface area contributed by atoms with Crippen molar-refractivity contribution >= 4 is 76.6 Å². The monoisotopic (exact) mass is 765 g/mol. The van der Waals surface area contributed by atoms with E-state index in [-0.39, 0.29) is 0 Å². The fraction of sp³-hybridized carbons (Fsp3) is 0. The summed E-state index contributed by atoms with van der Waals surface area (Å²) >= 11 is 0. The van der Waals surface area contributed by atoms with Gasteiger partial charge in [0, 0.05) is 54.9 Å². The van der Waals surface area contributed by atoms with Crippen molar-refractivity contribution in [3.63, 3.8) is 0 Å². The molecule has 60 heavy (non-hydrogen) atoms. The Bertz CT molecular complexity index is 3750. The minimum Gasteiger partial charge on any atom is -0.439 e. The second kappa shape index (κ2) is 12.7. The molecule has 0 unspecified atom stereocenters. The summed E-state index contributed by atoms with van der Waals surface area (Å²) in [6.07, 6.45) is 0. The van der Waals surface area contributed by atoms with Crippen molar-refractivity contribution in [2.24, 2.45) is 0 Å². The van der Waals surface area contributed by atoms with Gasteiger partial charge in [0.05, 0.1) is 33.0 Å². The van der Waals surface area contributed by atoms with Crippen molar-refractivity contribution in [3.8, 4) is 39.3 Å². The number of aromatic nitrogens is 3. The molecule has 0 N–H and O–H groups in total. The standard InChI is InChI=1S/C56H35N3O/c1-2-13-39(14-3-1)59-55-42(19-12-20-47(55)54-46-18-7-11-24-53(46)60-56(54)59)38-27-25-36(26-28-38)37-29-31-40(32-30-37)57-51-23-10-6-17-45(51)48-35-41(33-34-52(48)57)58-49-21-8-4-15-43(49)44-16-5-9-22-50(44)58/h1-35H. The molecular weight excluding hydrogens is 731 g/mol. The van der Waals surface area contributed by atoms with E-state index in [0.717, 1.165) is 50.2 Å². The lowest BCUT2D eigenvalue weighted by Gasteiger charge is -2.12. The van der Waals surface area contributed by atoms with Gasteiger partial charge in [-0.3, -0.25) is 4.57 Å². The number of hydrogen-bond acceptors (Lipinski definition) is 1. The van der Waals surface area contributed by atoms with Crippen LogP contribution in [0, 0.1) is 0 Å². The summed E-state index contributed by atoms with van der Waals surface area (Å²) in [5.41, 5.74) is 15.8. The van der Waals surface area contributed by atoms with Crippen LogP contribution in [0.4, 0.5) is 0 Å². The lowest BCUT2D eigenvalue weighted by molar-refractivity contribution is 0.645. The van der Waals surface area contributed by atoms with Crippen molar-refractivity contribution in [2.75, 3.05) is 0 Å². The molecule has 0 aliphatic carbocycles. The van der Waals surface area contributed by atoms with E-state index in [2.05, 4.69) is 220 Å². The summed E-state index contributed by atoms with van der Waals surface area (Å²) in [4.78, 5) is 0. The fourth-order valence-electron chi connectivity index (χ4n) is 9.82. The van der Waals surface area contributed by atoms with Gasteiger partial charge in [0.25, 0.3) is 0 Å². The van der Waals surface area contributed by atoms with Crippen LogP contribution in [-0.4, -0.2) is 13.7 Å². The number of rotatable bonds is 5. The van der Waals surface area contributed by atoms with Gasteiger partial charge in [-0.1, -0.05) is 146 Å². The molecule has 13 rings (SSSR count). The van der Waals surface area contributed by atoms with Gasteiger partial charge < -0.3 is 13.6 Å². The third-order valence-electron chi connectivity index (χ3n) is 12.5. The quantitative estimate of drug-likeness (QED) is 0.171. The van der Waals surface area contributed by atoms with Crippen LogP contribution in [0.5, 0.6) is 0 Å². The third-order valence-corrected chi connectivity index (χ3v) is 12.5. The third kappa shape index (κ3) is 4.73. The zero-order valence-corrected chi connectivity index (χ0v) is 32.5. The van der Waals surface area contributed by atoms with Gasteiger partial charge in [-0.2, -0.15) is 0 Å². The Morgan fingerprint density at radius 2 is 0.783 bits per heavy atom. The average molecular weight is 766 g/mol. The molecule has 0 aliphatic heterocycles. The van der Waals surface area contributed by atoms with Gasteiger partial charge in [-0.05, 0) is 83.4 Å². The van der Waals surface area contributed by atoms with Crippen LogP contribution in [-0.2, 0) is 0 Å². The highest BCUT2D eigenvalue weighted by atomic mass is 16.3. The minimum atomic E-state index is 0.869. The van der Waals surface area contributed by atoms with Crippen LogP contribution in [0.1, 0.15) is 0 Å². The molecule has 0 radical (unpaired) electrons. The Morgan fingerprint density at radius 1 is 0.300 bits per heavy atom. The molecule has 280 valence electrons. The van der Waals surface area contributed by atoms with E-state index >= 15 is 0 Å². The number of hydrogen-bond donors (Lipinski definition) is 0. The highest BCUT2D eigenvalue weighted by molar-refractivity contribution is 6.22. The molecule has 0 aliphatic rings. The SMILES string of the molecule is c1ccc(-n2c3oc4ccccc4c3c3cccc(-c4ccc(-c5ccc(-n6c7ccccc7c7cc(-n8c9ccccc9c9ccccc98)ccc76)cc5)cc4)c32)cc1. The maximum absolute atomic E-state index is 6.58. The predicted molar refractivity (Wildman–Crippen MR) is 250 cm³/mol. The van der Waals surface area contributed by atoms with Crippen LogP contribution in [0.2, 0.25) is 0 Å². The molecule has 4 heterocycles. The largest absolute Gasteiger partial charge is 0.439 e. The molecule has 9 aromatic carbocycles.